The van der Waals surface area contributed by atoms with Crippen LogP contribution in [0.2, 0.25) is 0 Å². The molecule has 0 heterocycles. The molecule has 0 spiro atoms. The van der Waals surface area contributed by atoms with Crippen molar-refractivity contribution < 1.29 is 14.3 Å². The molecule has 1 unspecified atom stereocenters. The van der Waals surface area contributed by atoms with Crippen molar-refractivity contribution in [1.29, 1.82) is 0 Å². The van der Waals surface area contributed by atoms with Gasteiger partial charge in [-0.05, 0) is 44.9 Å². The van der Waals surface area contributed by atoms with Crippen molar-refractivity contribution in [2.45, 2.75) is 45.7 Å². The third kappa shape index (κ3) is 5.39. The Kier molecular flexibility index (Phi) is 5.96. The van der Waals surface area contributed by atoms with E-state index in [-0.39, 0.29) is 24.3 Å². The van der Waals surface area contributed by atoms with Crippen LogP contribution in [0.15, 0.2) is 24.3 Å². The van der Waals surface area contributed by atoms with E-state index in [0.717, 1.165) is 12.0 Å². The molecule has 106 valence electrons. The molecule has 0 aliphatic carbocycles. The van der Waals surface area contributed by atoms with Gasteiger partial charge in [0.1, 0.15) is 5.82 Å². The van der Waals surface area contributed by atoms with Gasteiger partial charge in [0, 0.05) is 18.6 Å². The summed E-state index contributed by atoms with van der Waals surface area (Å²) in [7, 11) is 0. The van der Waals surface area contributed by atoms with Gasteiger partial charge in [0.15, 0.2) is 0 Å². The van der Waals surface area contributed by atoms with Crippen LogP contribution in [0.4, 0.5) is 4.39 Å². The average Bonchev–Trinajstić information content (AvgIpc) is 2.28. The molecule has 4 heteroatoms. The summed E-state index contributed by atoms with van der Waals surface area (Å²) in [5.41, 5.74) is 0.938. The number of hydrogen-bond donors (Lipinski definition) is 1. The zero-order valence-corrected chi connectivity index (χ0v) is 11.8. The monoisotopic (exact) mass is 267 g/mol. The van der Waals surface area contributed by atoms with E-state index >= 15 is 0 Å². The highest BCUT2D eigenvalue weighted by Gasteiger charge is 2.18. The molecule has 1 aromatic rings. The standard InChI is InChI=1S/C15H22FNO2/c1-11(2)17(8-7-15(18)19)12(3)9-13-5-4-6-14(16)10-13/h4-6,10-12H,7-9H2,1-3H3,(H,18,19). The van der Waals surface area contributed by atoms with E-state index < -0.39 is 5.97 Å². The second-order valence-electron chi connectivity index (χ2n) is 5.16. The lowest BCUT2D eigenvalue weighted by molar-refractivity contribution is -0.137. The van der Waals surface area contributed by atoms with E-state index in [1.165, 1.54) is 12.1 Å². The molecule has 0 amide bonds. The molecule has 0 aliphatic rings. The first-order chi connectivity index (χ1) is 8.90. The Morgan fingerprint density at radius 2 is 2.05 bits per heavy atom. The van der Waals surface area contributed by atoms with E-state index in [1.807, 2.05) is 26.8 Å². The van der Waals surface area contributed by atoms with E-state index in [2.05, 4.69) is 4.90 Å². The number of carboxylic acids is 1. The van der Waals surface area contributed by atoms with Crippen LogP contribution in [-0.4, -0.2) is 34.6 Å². The Balaban J connectivity index is 2.66. The number of halogens is 1. The summed E-state index contributed by atoms with van der Waals surface area (Å²) < 4.78 is 13.1. The number of carbonyl (C=O) groups is 1. The van der Waals surface area contributed by atoms with Gasteiger partial charge in [-0.2, -0.15) is 0 Å². The normalized spacial score (nSPS) is 12.9. The molecule has 1 atom stereocenters. The van der Waals surface area contributed by atoms with Crippen molar-refractivity contribution in [1.82, 2.24) is 4.90 Å². The highest BCUT2D eigenvalue weighted by molar-refractivity contribution is 5.66. The molecular weight excluding hydrogens is 245 g/mol. The van der Waals surface area contributed by atoms with Crippen LogP contribution in [0, 0.1) is 5.82 Å². The molecule has 1 N–H and O–H groups in total. The van der Waals surface area contributed by atoms with Crippen LogP contribution in [-0.2, 0) is 11.2 Å². The van der Waals surface area contributed by atoms with Crippen molar-refractivity contribution in [3.05, 3.63) is 35.6 Å². The Morgan fingerprint density at radius 1 is 1.37 bits per heavy atom. The summed E-state index contributed by atoms with van der Waals surface area (Å²) in [5, 5.41) is 8.78. The van der Waals surface area contributed by atoms with Gasteiger partial charge < -0.3 is 5.11 Å². The van der Waals surface area contributed by atoms with E-state index in [0.29, 0.717) is 6.54 Å². The molecule has 0 aliphatic heterocycles. The molecular formula is C15H22FNO2. The maximum Gasteiger partial charge on any atom is 0.304 e. The number of benzene rings is 1. The molecule has 19 heavy (non-hydrogen) atoms. The van der Waals surface area contributed by atoms with Crippen LogP contribution in [0.1, 0.15) is 32.8 Å². The summed E-state index contributed by atoms with van der Waals surface area (Å²) in [4.78, 5) is 12.8. The minimum Gasteiger partial charge on any atom is -0.481 e. The lowest BCUT2D eigenvalue weighted by Gasteiger charge is -2.32. The van der Waals surface area contributed by atoms with Gasteiger partial charge in [-0.1, -0.05) is 12.1 Å². The second kappa shape index (κ2) is 7.24. The fourth-order valence-corrected chi connectivity index (χ4v) is 2.33. The minimum atomic E-state index is -0.788. The zero-order valence-electron chi connectivity index (χ0n) is 11.8. The molecule has 0 saturated carbocycles. The summed E-state index contributed by atoms with van der Waals surface area (Å²) in [6.07, 6.45) is 0.848. The number of hydrogen-bond acceptors (Lipinski definition) is 2. The van der Waals surface area contributed by atoms with Crippen LogP contribution in [0.25, 0.3) is 0 Å². The molecule has 0 bridgehead atoms. The van der Waals surface area contributed by atoms with Gasteiger partial charge in [0.2, 0.25) is 0 Å². The Morgan fingerprint density at radius 3 is 2.58 bits per heavy atom. The average molecular weight is 267 g/mol. The van der Waals surface area contributed by atoms with E-state index in [4.69, 9.17) is 5.11 Å². The van der Waals surface area contributed by atoms with E-state index in [9.17, 15) is 9.18 Å². The molecule has 1 rings (SSSR count). The summed E-state index contributed by atoms with van der Waals surface area (Å²) >= 11 is 0. The molecule has 3 nitrogen and oxygen atoms in total. The number of rotatable bonds is 7. The summed E-state index contributed by atoms with van der Waals surface area (Å²) in [6.45, 7) is 6.66. The summed E-state index contributed by atoms with van der Waals surface area (Å²) in [5.74, 6) is -1.02. The highest BCUT2D eigenvalue weighted by atomic mass is 19.1. The summed E-state index contributed by atoms with van der Waals surface area (Å²) in [6, 6.07) is 7.01. The Hall–Kier alpha value is -1.42. The van der Waals surface area contributed by atoms with Gasteiger partial charge in [-0.15, -0.1) is 0 Å². The lowest BCUT2D eigenvalue weighted by Crippen LogP contribution is -2.41. The first kappa shape index (κ1) is 15.6. The van der Waals surface area contributed by atoms with Crippen molar-refractivity contribution >= 4 is 5.97 Å². The van der Waals surface area contributed by atoms with Gasteiger partial charge in [0.05, 0.1) is 6.42 Å². The Bertz CT molecular complexity index is 420. The smallest absolute Gasteiger partial charge is 0.304 e. The van der Waals surface area contributed by atoms with Gasteiger partial charge >= 0.3 is 5.97 Å². The van der Waals surface area contributed by atoms with Crippen LogP contribution in [0.3, 0.4) is 0 Å². The van der Waals surface area contributed by atoms with Gasteiger partial charge in [0.25, 0.3) is 0 Å². The largest absolute Gasteiger partial charge is 0.481 e. The van der Waals surface area contributed by atoms with Gasteiger partial charge in [-0.25, -0.2) is 4.39 Å². The molecule has 0 saturated heterocycles. The number of nitrogens with zero attached hydrogens (tertiary/aromatic N) is 1. The number of aliphatic carboxylic acids is 1. The van der Waals surface area contributed by atoms with Crippen molar-refractivity contribution in [2.75, 3.05) is 6.54 Å². The topological polar surface area (TPSA) is 40.5 Å². The zero-order chi connectivity index (χ0) is 14.4. The first-order valence-corrected chi connectivity index (χ1v) is 6.62. The van der Waals surface area contributed by atoms with Crippen LogP contribution in [0.5, 0.6) is 0 Å². The first-order valence-electron chi connectivity index (χ1n) is 6.62. The van der Waals surface area contributed by atoms with Crippen molar-refractivity contribution in [3.8, 4) is 0 Å². The predicted molar refractivity (Wildman–Crippen MR) is 73.7 cm³/mol. The molecule has 0 radical (unpaired) electrons. The van der Waals surface area contributed by atoms with Gasteiger partial charge in [-0.3, -0.25) is 9.69 Å². The van der Waals surface area contributed by atoms with Crippen molar-refractivity contribution in [3.63, 3.8) is 0 Å². The van der Waals surface area contributed by atoms with E-state index in [1.54, 1.807) is 6.07 Å². The van der Waals surface area contributed by atoms with Crippen molar-refractivity contribution in [2.24, 2.45) is 0 Å². The quantitative estimate of drug-likeness (QED) is 0.825. The SMILES string of the molecule is CC(C)N(CCC(=O)O)C(C)Cc1cccc(F)c1. The molecule has 1 aromatic carbocycles. The fraction of sp³-hybridized carbons (Fsp3) is 0.533. The maximum absolute atomic E-state index is 13.1. The van der Waals surface area contributed by atoms with Crippen LogP contribution < -0.4 is 0 Å². The molecule has 0 aromatic heterocycles. The third-order valence-corrected chi connectivity index (χ3v) is 3.23. The molecule has 0 fully saturated rings. The second-order valence-corrected chi connectivity index (χ2v) is 5.16. The predicted octanol–water partition coefficient (Wildman–Crippen LogP) is 2.94. The third-order valence-electron chi connectivity index (χ3n) is 3.23. The highest BCUT2D eigenvalue weighted by Crippen LogP contribution is 2.13. The number of carboxylic acid groups (broad SMARTS) is 1. The lowest BCUT2D eigenvalue weighted by atomic mass is 10.0. The fourth-order valence-electron chi connectivity index (χ4n) is 2.33. The maximum atomic E-state index is 13.1. The Labute approximate surface area is 114 Å². The minimum absolute atomic E-state index is 0.131. The van der Waals surface area contributed by atoms with Crippen LogP contribution >= 0.6 is 0 Å².